The van der Waals surface area contributed by atoms with Crippen molar-refractivity contribution in [1.82, 2.24) is 9.97 Å². The molecule has 2 aromatic heterocycles. The minimum atomic E-state index is -0.202. The lowest BCUT2D eigenvalue weighted by atomic mass is 10.1. The van der Waals surface area contributed by atoms with Crippen LogP contribution in [0.2, 0.25) is 0 Å². The Bertz CT molecular complexity index is 812. The first kappa shape index (κ1) is 14.4. The van der Waals surface area contributed by atoms with E-state index in [1.807, 2.05) is 50.2 Å². The second-order valence-electron chi connectivity index (χ2n) is 5.03. The third-order valence-electron chi connectivity index (χ3n) is 3.26. The summed E-state index contributed by atoms with van der Waals surface area (Å²) < 4.78 is 0. The summed E-state index contributed by atoms with van der Waals surface area (Å²) in [5.41, 5.74) is 4.13. The molecule has 5 heteroatoms. The summed E-state index contributed by atoms with van der Waals surface area (Å²) in [6.45, 7) is 3.96. The second kappa shape index (κ2) is 6.07. The quantitative estimate of drug-likeness (QED) is 0.793. The topological polar surface area (TPSA) is 54.9 Å². The molecule has 0 aliphatic rings. The van der Waals surface area contributed by atoms with Crippen LogP contribution in [0.25, 0.3) is 10.7 Å². The molecule has 110 valence electrons. The van der Waals surface area contributed by atoms with Gasteiger partial charge in [0.25, 0.3) is 5.91 Å². The number of carbonyl (C=O) groups is 1. The molecular weight excluding hydrogens is 294 g/mol. The summed E-state index contributed by atoms with van der Waals surface area (Å²) in [6, 6.07) is 11.6. The van der Waals surface area contributed by atoms with Crippen molar-refractivity contribution >= 4 is 22.9 Å². The van der Waals surface area contributed by atoms with Crippen molar-refractivity contribution in [2.24, 2.45) is 0 Å². The van der Waals surface area contributed by atoms with Gasteiger partial charge in [-0.05, 0) is 43.2 Å². The number of aryl methyl sites for hydroxylation is 2. The predicted octanol–water partition coefficient (Wildman–Crippen LogP) is 4.07. The van der Waals surface area contributed by atoms with E-state index in [4.69, 9.17) is 0 Å². The third kappa shape index (κ3) is 3.04. The fraction of sp³-hybridized carbons (Fsp3) is 0.118. The largest absolute Gasteiger partial charge is 0.320 e. The number of hydrogen-bond donors (Lipinski definition) is 1. The summed E-state index contributed by atoms with van der Waals surface area (Å²) in [4.78, 5) is 21.0. The second-order valence-corrected chi connectivity index (χ2v) is 5.88. The van der Waals surface area contributed by atoms with Gasteiger partial charge in [0.2, 0.25) is 0 Å². The molecule has 1 aromatic carbocycles. The Kier molecular flexibility index (Phi) is 3.98. The highest BCUT2D eigenvalue weighted by molar-refractivity contribution is 7.13. The lowest BCUT2D eigenvalue weighted by Crippen LogP contribution is -2.13. The Hall–Kier alpha value is -2.53. The van der Waals surface area contributed by atoms with Gasteiger partial charge in [0, 0.05) is 17.3 Å². The van der Waals surface area contributed by atoms with E-state index >= 15 is 0 Å². The molecule has 0 saturated heterocycles. The highest BCUT2D eigenvalue weighted by Gasteiger charge is 2.13. The van der Waals surface area contributed by atoms with Crippen LogP contribution >= 0.6 is 11.3 Å². The molecule has 0 bridgehead atoms. The molecule has 22 heavy (non-hydrogen) atoms. The monoisotopic (exact) mass is 309 g/mol. The molecule has 2 heterocycles. The average molecular weight is 309 g/mol. The van der Waals surface area contributed by atoms with Gasteiger partial charge in [0.15, 0.2) is 0 Å². The zero-order valence-corrected chi connectivity index (χ0v) is 13.1. The highest BCUT2D eigenvalue weighted by Crippen LogP contribution is 2.23. The van der Waals surface area contributed by atoms with Crippen LogP contribution in [0.4, 0.5) is 5.69 Å². The number of pyridine rings is 1. The number of benzene rings is 1. The Labute approximate surface area is 132 Å². The van der Waals surface area contributed by atoms with Crippen molar-refractivity contribution in [3.63, 3.8) is 0 Å². The molecule has 0 unspecified atom stereocenters. The third-order valence-corrected chi connectivity index (χ3v) is 4.13. The predicted molar refractivity (Wildman–Crippen MR) is 89.2 cm³/mol. The van der Waals surface area contributed by atoms with Crippen LogP contribution in [0.5, 0.6) is 0 Å². The summed E-state index contributed by atoms with van der Waals surface area (Å²) in [7, 11) is 0. The van der Waals surface area contributed by atoms with Crippen molar-refractivity contribution < 1.29 is 4.79 Å². The van der Waals surface area contributed by atoms with Crippen LogP contribution in [0.15, 0.2) is 48.0 Å². The van der Waals surface area contributed by atoms with Crippen molar-refractivity contribution in [2.45, 2.75) is 13.8 Å². The zero-order valence-electron chi connectivity index (χ0n) is 12.3. The fourth-order valence-electron chi connectivity index (χ4n) is 2.04. The number of rotatable bonds is 3. The van der Waals surface area contributed by atoms with Gasteiger partial charge in [-0.2, -0.15) is 0 Å². The van der Waals surface area contributed by atoms with Crippen LogP contribution < -0.4 is 5.32 Å². The number of thiazole rings is 1. The summed E-state index contributed by atoms with van der Waals surface area (Å²) in [5, 5.41) is 5.41. The molecule has 0 saturated carbocycles. The number of amides is 1. The van der Waals surface area contributed by atoms with E-state index in [0.717, 1.165) is 27.5 Å². The van der Waals surface area contributed by atoms with Gasteiger partial charge >= 0.3 is 0 Å². The van der Waals surface area contributed by atoms with Crippen LogP contribution in [0.3, 0.4) is 0 Å². The van der Waals surface area contributed by atoms with E-state index in [9.17, 15) is 4.79 Å². The van der Waals surface area contributed by atoms with Gasteiger partial charge in [-0.15, -0.1) is 11.3 Å². The zero-order chi connectivity index (χ0) is 15.5. The molecule has 4 nitrogen and oxygen atoms in total. The van der Waals surface area contributed by atoms with E-state index in [1.54, 1.807) is 11.6 Å². The van der Waals surface area contributed by atoms with Crippen LogP contribution in [-0.2, 0) is 0 Å². The molecular formula is C17H15N3OS. The average Bonchev–Trinajstić information content (AvgIpc) is 3.02. The maximum Gasteiger partial charge on any atom is 0.275 e. The van der Waals surface area contributed by atoms with Gasteiger partial charge in [-0.25, -0.2) is 4.98 Å². The highest BCUT2D eigenvalue weighted by atomic mass is 32.1. The Balaban J connectivity index is 1.81. The van der Waals surface area contributed by atoms with Gasteiger partial charge in [0.05, 0.1) is 5.69 Å². The summed E-state index contributed by atoms with van der Waals surface area (Å²) >= 11 is 1.41. The number of nitrogens with one attached hydrogen (secondary N) is 1. The molecule has 3 aromatic rings. The van der Waals surface area contributed by atoms with Gasteiger partial charge < -0.3 is 5.32 Å². The first-order valence-electron chi connectivity index (χ1n) is 6.89. The molecule has 0 aliphatic carbocycles. The van der Waals surface area contributed by atoms with Crippen molar-refractivity contribution in [3.8, 4) is 10.7 Å². The Morgan fingerprint density at radius 3 is 2.82 bits per heavy atom. The summed E-state index contributed by atoms with van der Waals surface area (Å²) in [6.07, 6.45) is 1.71. The van der Waals surface area contributed by atoms with Gasteiger partial charge in [0.1, 0.15) is 10.7 Å². The number of aromatic nitrogens is 2. The minimum absolute atomic E-state index is 0.202. The number of nitrogens with zero attached hydrogens (tertiary/aromatic N) is 2. The first-order chi connectivity index (χ1) is 10.6. The number of anilines is 1. The van der Waals surface area contributed by atoms with Crippen LogP contribution in [-0.4, -0.2) is 15.9 Å². The van der Waals surface area contributed by atoms with Crippen molar-refractivity contribution in [1.29, 1.82) is 0 Å². The van der Waals surface area contributed by atoms with E-state index in [2.05, 4.69) is 15.3 Å². The standard InChI is InChI=1S/C17H15N3OS/c1-11-6-7-12(2)14(9-11)19-16(21)15-10-22-17(20-15)13-5-3-4-8-18-13/h3-10H,1-2H3,(H,19,21). The lowest BCUT2D eigenvalue weighted by molar-refractivity contribution is 0.102. The number of hydrogen-bond acceptors (Lipinski definition) is 4. The molecule has 0 spiro atoms. The molecule has 0 atom stereocenters. The normalized spacial score (nSPS) is 10.5. The Morgan fingerprint density at radius 2 is 2.05 bits per heavy atom. The van der Waals surface area contributed by atoms with Gasteiger partial charge in [-0.3, -0.25) is 9.78 Å². The van der Waals surface area contributed by atoms with Crippen molar-refractivity contribution in [2.75, 3.05) is 5.32 Å². The van der Waals surface area contributed by atoms with E-state index < -0.39 is 0 Å². The molecule has 1 amide bonds. The van der Waals surface area contributed by atoms with E-state index in [1.165, 1.54) is 11.3 Å². The molecule has 0 fully saturated rings. The molecule has 0 radical (unpaired) electrons. The minimum Gasteiger partial charge on any atom is -0.320 e. The molecule has 3 rings (SSSR count). The fourth-order valence-corrected chi connectivity index (χ4v) is 2.82. The first-order valence-corrected chi connectivity index (χ1v) is 7.77. The van der Waals surface area contributed by atoms with E-state index in [-0.39, 0.29) is 5.91 Å². The lowest BCUT2D eigenvalue weighted by Gasteiger charge is -2.07. The summed E-state index contributed by atoms with van der Waals surface area (Å²) in [5.74, 6) is -0.202. The SMILES string of the molecule is Cc1ccc(C)c(NC(=O)c2csc(-c3ccccn3)n2)c1. The number of carbonyl (C=O) groups excluding carboxylic acids is 1. The molecule has 0 aliphatic heterocycles. The van der Waals surface area contributed by atoms with Crippen LogP contribution in [0.1, 0.15) is 21.6 Å². The maximum atomic E-state index is 12.3. The van der Waals surface area contributed by atoms with Crippen molar-refractivity contribution in [3.05, 3.63) is 64.8 Å². The Morgan fingerprint density at radius 1 is 1.18 bits per heavy atom. The maximum absolute atomic E-state index is 12.3. The van der Waals surface area contributed by atoms with E-state index in [0.29, 0.717) is 5.69 Å². The van der Waals surface area contributed by atoms with Gasteiger partial charge in [-0.1, -0.05) is 18.2 Å². The smallest absolute Gasteiger partial charge is 0.275 e. The van der Waals surface area contributed by atoms with Crippen LogP contribution in [0, 0.1) is 13.8 Å². The molecule has 1 N–H and O–H groups in total.